The highest BCUT2D eigenvalue weighted by Crippen LogP contribution is 2.18. The summed E-state index contributed by atoms with van der Waals surface area (Å²) in [6, 6.07) is 5.65. The molecule has 0 aliphatic carbocycles. The fourth-order valence-electron chi connectivity index (χ4n) is 1.73. The van der Waals surface area contributed by atoms with E-state index in [2.05, 4.69) is 10.3 Å². The fourth-order valence-corrected chi connectivity index (χ4v) is 1.73. The molecule has 0 fully saturated rings. The average Bonchev–Trinajstić information content (AvgIpc) is 2.44. The van der Waals surface area contributed by atoms with E-state index >= 15 is 0 Å². The summed E-state index contributed by atoms with van der Waals surface area (Å²) in [6.07, 6.45) is 3.81. The lowest BCUT2D eigenvalue weighted by atomic mass is 10.1. The van der Waals surface area contributed by atoms with Gasteiger partial charge in [-0.1, -0.05) is 0 Å². The molecule has 1 heterocycles. The highest BCUT2D eigenvalue weighted by molar-refractivity contribution is 5.95. The zero-order valence-electron chi connectivity index (χ0n) is 10.6. The molecule has 0 saturated heterocycles. The van der Waals surface area contributed by atoms with Crippen molar-refractivity contribution in [2.75, 3.05) is 12.3 Å². The van der Waals surface area contributed by atoms with Crippen molar-refractivity contribution in [2.45, 2.75) is 6.42 Å². The Bertz CT molecular complexity index is 617. The van der Waals surface area contributed by atoms with Crippen LogP contribution >= 0.6 is 0 Å². The Labute approximate surface area is 114 Å². The lowest BCUT2D eigenvalue weighted by molar-refractivity contribution is 0.0946. The second-order valence-corrected chi connectivity index (χ2v) is 4.19. The molecule has 0 bridgehead atoms. The molecule has 1 amide bonds. The van der Waals surface area contributed by atoms with Gasteiger partial charge in [0, 0.05) is 18.9 Å². The average molecular weight is 277 g/mol. The highest BCUT2D eigenvalue weighted by atomic mass is 19.1. The van der Waals surface area contributed by atoms with Gasteiger partial charge in [0.15, 0.2) is 5.82 Å². The van der Waals surface area contributed by atoms with Gasteiger partial charge in [-0.15, -0.1) is 0 Å². The number of nitrogens with zero attached hydrogens (tertiary/aromatic N) is 1. The molecule has 1 aromatic carbocycles. The summed E-state index contributed by atoms with van der Waals surface area (Å²) >= 11 is 0. The van der Waals surface area contributed by atoms with Crippen LogP contribution in [0.1, 0.15) is 15.9 Å². The topological polar surface area (TPSA) is 68.0 Å². The Kier molecular flexibility index (Phi) is 4.24. The van der Waals surface area contributed by atoms with Crippen LogP contribution in [0.2, 0.25) is 0 Å². The van der Waals surface area contributed by atoms with Crippen molar-refractivity contribution in [1.29, 1.82) is 0 Å². The predicted molar refractivity (Wildman–Crippen MR) is 71.0 cm³/mol. The van der Waals surface area contributed by atoms with E-state index in [0.717, 1.165) is 17.7 Å². The van der Waals surface area contributed by atoms with Crippen LogP contribution in [0.25, 0.3) is 0 Å². The monoisotopic (exact) mass is 277 g/mol. The number of amides is 1. The van der Waals surface area contributed by atoms with E-state index < -0.39 is 23.1 Å². The second-order valence-electron chi connectivity index (χ2n) is 4.19. The summed E-state index contributed by atoms with van der Waals surface area (Å²) in [4.78, 5) is 15.6. The first-order chi connectivity index (χ1) is 9.59. The third-order valence-corrected chi connectivity index (χ3v) is 2.80. The molecule has 0 aliphatic rings. The van der Waals surface area contributed by atoms with Gasteiger partial charge in [-0.05, 0) is 36.2 Å². The van der Waals surface area contributed by atoms with Crippen LogP contribution in [-0.2, 0) is 6.42 Å². The lowest BCUT2D eigenvalue weighted by Crippen LogP contribution is -2.27. The number of nitrogens with one attached hydrogen (secondary N) is 1. The molecule has 1 aromatic heterocycles. The van der Waals surface area contributed by atoms with E-state index in [1.165, 1.54) is 0 Å². The van der Waals surface area contributed by atoms with Crippen molar-refractivity contribution in [3.05, 3.63) is 59.4 Å². The number of carbonyl (C=O) groups is 1. The van der Waals surface area contributed by atoms with Crippen molar-refractivity contribution in [3.8, 4) is 0 Å². The predicted octanol–water partition coefficient (Wildman–Crippen LogP) is 1.91. The van der Waals surface area contributed by atoms with Crippen LogP contribution in [-0.4, -0.2) is 17.4 Å². The third-order valence-electron chi connectivity index (χ3n) is 2.80. The molecular weight excluding hydrogens is 264 g/mol. The Morgan fingerprint density at radius 2 is 1.90 bits per heavy atom. The number of aromatic nitrogens is 1. The number of carbonyl (C=O) groups excluding carboxylic acids is 1. The zero-order valence-corrected chi connectivity index (χ0v) is 10.6. The van der Waals surface area contributed by atoms with Crippen molar-refractivity contribution in [2.24, 2.45) is 0 Å². The SMILES string of the molecule is Nc1ccc(F)c(C(=O)NCCc2ccncc2)c1F. The van der Waals surface area contributed by atoms with Crippen molar-refractivity contribution >= 4 is 11.6 Å². The summed E-state index contributed by atoms with van der Waals surface area (Å²) < 4.78 is 27.1. The summed E-state index contributed by atoms with van der Waals surface area (Å²) in [7, 11) is 0. The van der Waals surface area contributed by atoms with Gasteiger partial charge >= 0.3 is 0 Å². The molecule has 0 aliphatic heterocycles. The van der Waals surface area contributed by atoms with Gasteiger partial charge in [0.1, 0.15) is 11.4 Å². The van der Waals surface area contributed by atoms with Crippen molar-refractivity contribution in [1.82, 2.24) is 10.3 Å². The molecule has 0 saturated carbocycles. The summed E-state index contributed by atoms with van der Waals surface area (Å²) in [6.45, 7) is 0.260. The van der Waals surface area contributed by atoms with E-state index in [4.69, 9.17) is 5.73 Å². The summed E-state index contributed by atoms with van der Waals surface area (Å²) in [5.41, 5.74) is 5.37. The fraction of sp³-hybridized carbons (Fsp3) is 0.143. The number of nitrogens with two attached hydrogens (primary N) is 1. The van der Waals surface area contributed by atoms with Gasteiger partial charge in [-0.25, -0.2) is 8.78 Å². The maximum Gasteiger partial charge on any atom is 0.257 e. The minimum atomic E-state index is -1.04. The Balaban J connectivity index is 2.01. The molecule has 0 radical (unpaired) electrons. The molecule has 0 spiro atoms. The quantitative estimate of drug-likeness (QED) is 0.839. The van der Waals surface area contributed by atoms with Crippen LogP contribution in [0.3, 0.4) is 0 Å². The van der Waals surface area contributed by atoms with E-state index in [-0.39, 0.29) is 12.2 Å². The van der Waals surface area contributed by atoms with Gasteiger partial charge in [0.25, 0.3) is 5.91 Å². The maximum absolute atomic E-state index is 13.6. The van der Waals surface area contributed by atoms with E-state index in [1.54, 1.807) is 24.5 Å². The number of pyridine rings is 1. The molecule has 104 valence electrons. The minimum absolute atomic E-state index is 0.259. The smallest absolute Gasteiger partial charge is 0.257 e. The molecule has 0 unspecified atom stereocenters. The standard InChI is InChI=1S/C14H13F2N3O/c15-10-1-2-11(17)13(16)12(10)14(20)19-8-5-9-3-6-18-7-4-9/h1-4,6-7H,5,8,17H2,(H,19,20). The molecule has 20 heavy (non-hydrogen) atoms. The summed E-state index contributed by atoms with van der Waals surface area (Å²) in [5.74, 6) is -2.79. The molecule has 0 atom stereocenters. The van der Waals surface area contributed by atoms with Crippen LogP contribution in [0.4, 0.5) is 14.5 Å². The molecule has 2 aromatic rings. The Hall–Kier alpha value is -2.50. The third kappa shape index (κ3) is 3.09. The van der Waals surface area contributed by atoms with Crippen molar-refractivity contribution < 1.29 is 13.6 Å². The maximum atomic E-state index is 13.6. The van der Waals surface area contributed by atoms with Gasteiger partial charge in [0.05, 0.1) is 5.69 Å². The van der Waals surface area contributed by atoms with Gasteiger partial charge < -0.3 is 11.1 Å². The summed E-state index contributed by atoms with van der Waals surface area (Å²) in [5, 5.41) is 2.46. The first kappa shape index (κ1) is 13.9. The molecular formula is C14H13F2N3O. The molecule has 2 rings (SSSR count). The second kappa shape index (κ2) is 6.10. The van der Waals surface area contributed by atoms with Crippen LogP contribution < -0.4 is 11.1 Å². The van der Waals surface area contributed by atoms with Gasteiger partial charge in [-0.2, -0.15) is 0 Å². The number of nitrogen functional groups attached to an aromatic ring is 1. The van der Waals surface area contributed by atoms with E-state index in [1.807, 2.05) is 0 Å². The number of hydrogen-bond donors (Lipinski definition) is 2. The largest absolute Gasteiger partial charge is 0.396 e. The van der Waals surface area contributed by atoms with Crippen LogP contribution in [0, 0.1) is 11.6 Å². The number of anilines is 1. The molecule has 3 N–H and O–H groups in total. The molecule has 6 heteroatoms. The van der Waals surface area contributed by atoms with Gasteiger partial charge in [-0.3, -0.25) is 9.78 Å². The first-order valence-electron chi connectivity index (χ1n) is 6.00. The lowest BCUT2D eigenvalue weighted by Gasteiger charge is -2.08. The zero-order chi connectivity index (χ0) is 14.5. The highest BCUT2D eigenvalue weighted by Gasteiger charge is 2.18. The van der Waals surface area contributed by atoms with Crippen LogP contribution in [0.5, 0.6) is 0 Å². The molecule has 4 nitrogen and oxygen atoms in total. The minimum Gasteiger partial charge on any atom is -0.396 e. The van der Waals surface area contributed by atoms with E-state index in [0.29, 0.717) is 6.42 Å². The van der Waals surface area contributed by atoms with Crippen LogP contribution in [0.15, 0.2) is 36.7 Å². The number of rotatable bonds is 4. The van der Waals surface area contributed by atoms with Crippen molar-refractivity contribution in [3.63, 3.8) is 0 Å². The number of benzene rings is 1. The first-order valence-corrected chi connectivity index (χ1v) is 6.00. The normalized spacial score (nSPS) is 10.3. The van der Waals surface area contributed by atoms with Gasteiger partial charge in [0.2, 0.25) is 0 Å². The van der Waals surface area contributed by atoms with E-state index in [9.17, 15) is 13.6 Å². The Morgan fingerprint density at radius 3 is 2.60 bits per heavy atom. The number of hydrogen-bond acceptors (Lipinski definition) is 3. The number of halogens is 2. The Morgan fingerprint density at radius 1 is 1.20 bits per heavy atom.